The maximum atomic E-state index is 13.0. The highest BCUT2D eigenvalue weighted by Crippen LogP contribution is 2.31. The predicted octanol–water partition coefficient (Wildman–Crippen LogP) is 3.89. The molecule has 0 unspecified atom stereocenters. The molecule has 0 aliphatic carbocycles. The van der Waals surface area contributed by atoms with Crippen LogP contribution < -0.4 is 10.1 Å². The standard InChI is InChI=1S/C20H24N2O4S2/c1-3-26-18-10-7-16(14-19(18)28(24,25)22-12-4-5-13-22)21-20(23)11-9-17-8-6-15(2)27-17/h6-11,14H,3-5,12-13H2,1-2H3,(H,21,23)/b11-9+. The molecular formula is C20H24N2O4S2. The molecule has 1 aliphatic heterocycles. The van der Waals surface area contributed by atoms with E-state index in [1.165, 1.54) is 21.3 Å². The van der Waals surface area contributed by atoms with Crippen LogP contribution in [-0.4, -0.2) is 38.3 Å². The molecule has 0 atom stereocenters. The van der Waals surface area contributed by atoms with Gasteiger partial charge < -0.3 is 10.1 Å². The molecule has 1 saturated heterocycles. The molecule has 1 aliphatic rings. The molecule has 1 N–H and O–H groups in total. The first-order valence-electron chi connectivity index (χ1n) is 9.22. The van der Waals surface area contributed by atoms with Gasteiger partial charge in [0.2, 0.25) is 15.9 Å². The van der Waals surface area contributed by atoms with Gasteiger partial charge in [-0.3, -0.25) is 4.79 Å². The number of carbonyl (C=O) groups excluding carboxylic acids is 1. The van der Waals surface area contributed by atoms with Crippen molar-refractivity contribution < 1.29 is 17.9 Å². The second kappa shape index (κ2) is 8.89. The number of rotatable bonds is 7. The van der Waals surface area contributed by atoms with Gasteiger partial charge in [0.15, 0.2) is 0 Å². The molecule has 6 nitrogen and oxygen atoms in total. The molecule has 0 saturated carbocycles. The Morgan fingerprint density at radius 1 is 1.25 bits per heavy atom. The van der Waals surface area contributed by atoms with Crippen LogP contribution in [0.15, 0.2) is 41.3 Å². The van der Waals surface area contributed by atoms with Crippen LogP contribution in [-0.2, 0) is 14.8 Å². The fourth-order valence-electron chi connectivity index (χ4n) is 3.01. The summed E-state index contributed by atoms with van der Waals surface area (Å²) < 4.78 is 33.0. The van der Waals surface area contributed by atoms with Gasteiger partial charge in [-0.05, 0) is 63.1 Å². The second-order valence-electron chi connectivity index (χ2n) is 6.48. The highest BCUT2D eigenvalue weighted by Gasteiger charge is 2.30. The van der Waals surface area contributed by atoms with Gasteiger partial charge in [0.1, 0.15) is 10.6 Å². The monoisotopic (exact) mass is 420 g/mol. The summed E-state index contributed by atoms with van der Waals surface area (Å²) in [5.41, 5.74) is 0.415. The zero-order valence-electron chi connectivity index (χ0n) is 16.0. The van der Waals surface area contributed by atoms with E-state index in [9.17, 15) is 13.2 Å². The first-order chi connectivity index (χ1) is 13.4. The van der Waals surface area contributed by atoms with Crippen molar-refractivity contribution in [1.29, 1.82) is 0 Å². The van der Waals surface area contributed by atoms with E-state index in [4.69, 9.17) is 4.74 Å². The van der Waals surface area contributed by atoms with Crippen LogP contribution in [0.1, 0.15) is 29.5 Å². The predicted molar refractivity (Wildman–Crippen MR) is 112 cm³/mol. The molecular weight excluding hydrogens is 396 g/mol. The van der Waals surface area contributed by atoms with Crippen molar-refractivity contribution in [3.8, 4) is 5.75 Å². The van der Waals surface area contributed by atoms with Crippen LogP contribution in [0.3, 0.4) is 0 Å². The minimum atomic E-state index is -3.66. The van der Waals surface area contributed by atoms with Crippen molar-refractivity contribution in [3.05, 3.63) is 46.2 Å². The molecule has 1 aromatic carbocycles. The third kappa shape index (κ3) is 4.81. The Balaban J connectivity index is 1.82. The highest BCUT2D eigenvalue weighted by atomic mass is 32.2. The van der Waals surface area contributed by atoms with Gasteiger partial charge in [0.25, 0.3) is 0 Å². The Kier molecular flexibility index (Phi) is 6.53. The number of thiophene rings is 1. The second-order valence-corrected chi connectivity index (χ2v) is 9.70. The molecule has 0 bridgehead atoms. The zero-order valence-corrected chi connectivity index (χ0v) is 17.6. The number of aryl methyl sites for hydroxylation is 1. The summed E-state index contributed by atoms with van der Waals surface area (Å²) in [6.07, 6.45) is 4.89. The first-order valence-corrected chi connectivity index (χ1v) is 11.5. The van der Waals surface area contributed by atoms with Crippen LogP contribution in [0, 0.1) is 6.92 Å². The highest BCUT2D eigenvalue weighted by molar-refractivity contribution is 7.89. The molecule has 1 fully saturated rings. The molecule has 2 heterocycles. The third-order valence-corrected chi connectivity index (χ3v) is 7.24. The fraction of sp³-hybridized carbons (Fsp3) is 0.350. The smallest absolute Gasteiger partial charge is 0.248 e. The Bertz CT molecular complexity index is 974. The summed E-state index contributed by atoms with van der Waals surface area (Å²) in [7, 11) is -3.66. The summed E-state index contributed by atoms with van der Waals surface area (Å²) in [5.74, 6) is -0.0169. The Hall–Kier alpha value is -2.16. The van der Waals surface area contributed by atoms with E-state index in [2.05, 4.69) is 5.32 Å². The van der Waals surface area contributed by atoms with Crippen LogP contribution in [0.5, 0.6) is 5.75 Å². The molecule has 2 aromatic rings. The van der Waals surface area contributed by atoms with Gasteiger partial charge >= 0.3 is 0 Å². The maximum Gasteiger partial charge on any atom is 0.248 e. The number of sulfonamides is 1. The summed E-state index contributed by atoms with van der Waals surface area (Å²) >= 11 is 1.60. The number of ether oxygens (including phenoxy) is 1. The van der Waals surface area contributed by atoms with Gasteiger partial charge in [-0.1, -0.05) is 0 Å². The summed E-state index contributed by atoms with van der Waals surface area (Å²) in [5, 5.41) is 2.73. The van der Waals surface area contributed by atoms with Crippen LogP contribution in [0.2, 0.25) is 0 Å². The maximum absolute atomic E-state index is 13.0. The molecule has 28 heavy (non-hydrogen) atoms. The van der Waals surface area contributed by atoms with Crippen molar-refractivity contribution in [2.24, 2.45) is 0 Å². The van der Waals surface area contributed by atoms with E-state index in [-0.39, 0.29) is 10.8 Å². The molecule has 150 valence electrons. The number of anilines is 1. The minimum Gasteiger partial charge on any atom is -0.492 e. The lowest BCUT2D eigenvalue weighted by Crippen LogP contribution is -2.28. The molecule has 3 rings (SSSR count). The van der Waals surface area contributed by atoms with Gasteiger partial charge in [-0.25, -0.2) is 8.42 Å². The van der Waals surface area contributed by atoms with Gasteiger partial charge in [-0.2, -0.15) is 4.31 Å². The Labute approximate surface area is 169 Å². The molecule has 1 aromatic heterocycles. The number of hydrogen-bond donors (Lipinski definition) is 1. The summed E-state index contributed by atoms with van der Waals surface area (Å²) in [6, 6.07) is 8.65. The summed E-state index contributed by atoms with van der Waals surface area (Å²) in [4.78, 5) is 14.5. The number of carbonyl (C=O) groups is 1. The van der Waals surface area contributed by atoms with Gasteiger partial charge in [0.05, 0.1) is 6.61 Å². The number of amides is 1. The lowest BCUT2D eigenvalue weighted by atomic mass is 10.3. The Morgan fingerprint density at radius 2 is 2.00 bits per heavy atom. The van der Waals surface area contributed by atoms with E-state index in [1.54, 1.807) is 36.5 Å². The minimum absolute atomic E-state index is 0.0897. The van der Waals surface area contributed by atoms with Crippen LogP contribution in [0.25, 0.3) is 6.08 Å². The van der Waals surface area contributed by atoms with Crippen molar-refractivity contribution in [1.82, 2.24) is 4.31 Å². The lowest BCUT2D eigenvalue weighted by molar-refractivity contribution is -0.111. The number of benzene rings is 1. The number of nitrogens with one attached hydrogen (secondary N) is 1. The fourth-order valence-corrected chi connectivity index (χ4v) is 5.47. The normalized spacial score (nSPS) is 15.2. The third-order valence-electron chi connectivity index (χ3n) is 4.35. The van der Waals surface area contributed by atoms with E-state index in [1.807, 2.05) is 19.1 Å². The molecule has 0 spiro atoms. The van der Waals surface area contributed by atoms with Crippen LogP contribution >= 0.6 is 11.3 Å². The topological polar surface area (TPSA) is 75.7 Å². The SMILES string of the molecule is CCOc1ccc(NC(=O)/C=C/c2ccc(C)s2)cc1S(=O)(=O)N1CCCC1. The van der Waals surface area contributed by atoms with Gasteiger partial charge in [0, 0.05) is 34.6 Å². The number of hydrogen-bond acceptors (Lipinski definition) is 5. The van der Waals surface area contributed by atoms with E-state index < -0.39 is 10.0 Å². The van der Waals surface area contributed by atoms with E-state index >= 15 is 0 Å². The quantitative estimate of drug-likeness (QED) is 0.690. The average Bonchev–Trinajstić information content (AvgIpc) is 3.33. The zero-order chi connectivity index (χ0) is 20.1. The Morgan fingerprint density at radius 3 is 2.64 bits per heavy atom. The summed E-state index contributed by atoms with van der Waals surface area (Å²) in [6.45, 7) is 5.18. The average molecular weight is 421 g/mol. The largest absolute Gasteiger partial charge is 0.492 e. The number of nitrogens with zero attached hydrogens (tertiary/aromatic N) is 1. The van der Waals surface area contributed by atoms with E-state index in [0.29, 0.717) is 31.1 Å². The van der Waals surface area contributed by atoms with Crippen molar-refractivity contribution >= 4 is 39.0 Å². The first kappa shape index (κ1) is 20.6. The van der Waals surface area contributed by atoms with Crippen molar-refractivity contribution in [2.75, 3.05) is 25.0 Å². The molecule has 0 radical (unpaired) electrons. The van der Waals surface area contributed by atoms with E-state index in [0.717, 1.165) is 17.7 Å². The van der Waals surface area contributed by atoms with Crippen molar-refractivity contribution in [3.63, 3.8) is 0 Å². The molecule has 8 heteroatoms. The van der Waals surface area contributed by atoms with Crippen molar-refractivity contribution in [2.45, 2.75) is 31.6 Å². The molecule has 1 amide bonds. The van der Waals surface area contributed by atoms with Gasteiger partial charge in [-0.15, -0.1) is 11.3 Å². The lowest BCUT2D eigenvalue weighted by Gasteiger charge is -2.19. The van der Waals surface area contributed by atoms with Crippen LogP contribution in [0.4, 0.5) is 5.69 Å².